The van der Waals surface area contributed by atoms with Crippen molar-refractivity contribution in [2.45, 2.75) is 6.43 Å². The Balaban J connectivity index is 2.55. The van der Waals surface area contributed by atoms with E-state index >= 15 is 0 Å². The summed E-state index contributed by atoms with van der Waals surface area (Å²) in [6.07, 6.45) is -3.22. The summed E-state index contributed by atoms with van der Waals surface area (Å²) in [4.78, 5) is 33.9. The average molecular weight is 315 g/mol. The van der Waals surface area contributed by atoms with Gasteiger partial charge >= 0.3 is 12.3 Å². The summed E-state index contributed by atoms with van der Waals surface area (Å²) in [5.74, 6) is -2.72. The van der Waals surface area contributed by atoms with Crippen molar-refractivity contribution in [1.29, 1.82) is 0 Å². The van der Waals surface area contributed by atoms with Crippen LogP contribution in [-0.2, 0) is 9.53 Å². The summed E-state index contributed by atoms with van der Waals surface area (Å²) in [5, 5.41) is 2.60. The van der Waals surface area contributed by atoms with Crippen LogP contribution in [0.3, 0.4) is 0 Å². The number of alkyl halides is 2. The first kappa shape index (κ1) is 17.5. The molecule has 0 radical (unpaired) electrons. The minimum atomic E-state index is -3.22. The second-order valence-corrected chi connectivity index (χ2v) is 4.07. The number of hydrazine groups is 1. The molecular weight excluding hydrogens is 300 g/mol. The number of hydrogen-bond acceptors (Lipinski definition) is 4. The summed E-state index contributed by atoms with van der Waals surface area (Å²) < 4.78 is 28.7. The van der Waals surface area contributed by atoms with Crippen LogP contribution in [0.2, 0.25) is 0 Å². The highest BCUT2D eigenvalue weighted by Crippen LogP contribution is 2.04. The van der Waals surface area contributed by atoms with E-state index in [0.29, 0.717) is 18.7 Å². The Hall–Kier alpha value is -2.55. The molecule has 0 bridgehead atoms. The summed E-state index contributed by atoms with van der Waals surface area (Å²) in [6.45, 7) is 0.716. The number of carbonyl (C=O) groups is 3. The zero-order chi connectivity index (χ0) is 16.5. The van der Waals surface area contributed by atoms with Gasteiger partial charge in [0.2, 0.25) is 0 Å². The highest BCUT2D eigenvalue weighted by atomic mass is 19.3. The monoisotopic (exact) mass is 315 g/mol. The molecule has 0 saturated heterocycles. The van der Waals surface area contributed by atoms with Crippen LogP contribution in [-0.4, -0.2) is 44.4 Å². The highest BCUT2D eigenvalue weighted by Gasteiger charge is 2.16. The maximum Gasteiger partial charge on any atom is 0.317 e. The molecule has 0 atom stereocenters. The molecule has 120 valence electrons. The van der Waals surface area contributed by atoms with Crippen molar-refractivity contribution in [3.63, 3.8) is 0 Å². The summed E-state index contributed by atoms with van der Waals surface area (Å²) in [6, 6.07) is 5.45. The first-order valence-electron chi connectivity index (χ1n) is 6.21. The Morgan fingerprint density at radius 1 is 1.05 bits per heavy atom. The van der Waals surface area contributed by atoms with Gasteiger partial charge in [-0.2, -0.15) is 8.78 Å². The topological polar surface area (TPSA) is 96.5 Å². The number of methoxy groups -OCH3 is 1. The van der Waals surface area contributed by atoms with E-state index in [-0.39, 0.29) is 11.5 Å². The van der Waals surface area contributed by atoms with Crippen molar-refractivity contribution >= 4 is 17.7 Å². The maximum absolute atomic E-state index is 11.9. The molecule has 1 aromatic carbocycles. The number of hydrogen-bond donors (Lipinski definition) is 3. The first-order valence-corrected chi connectivity index (χ1v) is 6.21. The number of halogens is 2. The molecule has 1 rings (SSSR count). The molecule has 7 nitrogen and oxygen atoms in total. The van der Waals surface area contributed by atoms with Gasteiger partial charge in [0, 0.05) is 24.8 Å². The lowest BCUT2D eigenvalue weighted by atomic mass is 10.1. The van der Waals surface area contributed by atoms with Crippen LogP contribution in [0, 0.1) is 0 Å². The lowest BCUT2D eigenvalue weighted by Crippen LogP contribution is -2.44. The highest BCUT2D eigenvalue weighted by molar-refractivity contribution is 5.98. The fraction of sp³-hybridized carbons (Fsp3) is 0.308. The zero-order valence-electron chi connectivity index (χ0n) is 11.7. The number of rotatable bonds is 6. The van der Waals surface area contributed by atoms with Gasteiger partial charge in [-0.25, -0.2) is 0 Å². The van der Waals surface area contributed by atoms with Gasteiger partial charge in [0.05, 0.1) is 6.61 Å². The molecule has 1 aromatic rings. The maximum atomic E-state index is 11.9. The SMILES string of the molecule is COCCNC(=O)c1ccc(C(=O)NNC(=O)C(F)F)cc1. The van der Waals surface area contributed by atoms with E-state index in [0.717, 1.165) is 0 Å². The van der Waals surface area contributed by atoms with E-state index in [2.05, 4.69) is 5.32 Å². The van der Waals surface area contributed by atoms with E-state index in [1.807, 2.05) is 5.43 Å². The predicted molar refractivity (Wildman–Crippen MR) is 72.3 cm³/mol. The van der Waals surface area contributed by atoms with Crippen molar-refractivity contribution in [3.05, 3.63) is 35.4 Å². The quantitative estimate of drug-likeness (QED) is 0.512. The molecule has 0 aliphatic carbocycles. The summed E-state index contributed by atoms with van der Waals surface area (Å²) in [5.41, 5.74) is 3.83. The van der Waals surface area contributed by atoms with Gasteiger partial charge < -0.3 is 10.1 Å². The molecule has 3 amide bonds. The second-order valence-electron chi connectivity index (χ2n) is 4.07. The van der Waals surface area contributed by atoms with E-state index < -0.39 is 18.2 Å². The molecule has 0 aromatic heterocycles. The minimum Gasteiger partial charge on any atom is -0.383 e. The molecule has 0 unspecified atom stereocenters. The number of carbonyl (C=O) groups excluding carboxylic acids is 3. The zero-order valence-corrected chi connectivity index (χ0v) is 11.7. The normalized spacial score (nSPS) is 10.2. The molecule has 0 spiro atoms. The minimum absolute atomic E-state index is 0.100. The van der Waals surface area contributed by atoms with Crippen LogP contribution >= 0.6 is 0 Å². The number of amides is 3. The number of benzene rings is 1. The molecular formula is C13H15F2N3O4. The van der Waals surface area contributed by atoms with Crippen LogP contribution in [0.4, 0.5) is 8.78 Å². The number of ether oxygens (including phenoxy) is 1. The lowest BCUT2D eigenvalue weighted by molar-refractivity contribution is -0.132. The van der Waals surface area contributed by atoms with Crippen molar-refractivity contribution in [2.75, 3.05) is 20.3 Å². The van der Waals surface area contributed by atoms with E-state index in [1.54, 1.807) is 5.43 Å². The largest absolute Gasteiger partial charge is 0.383 e. The molecule has 0 fully saturated rings. The average Bonchev–Trinajstić information content (AvgIpc) is 2.52. The van der Waals surface area contributed by atoms with Crippen LogP contribution in [0.5, 0.6) is 0 Å². The van der Waals surface area contributed by atoms with E-state index in [4.69, 9.17) is 4.74 Å². The molecule has 3 N–H and O–H groups in total. The summed E-state index contributed by atoms with van der Waals surface area (Å²) in [7, 11) is 1.51. The van der Waals surface area contributed by atoms with Crippen LogP contribution in [0.15, 0.2) is 24.3 Å². The van der Waals surface area contributed by atoms with Gasteiger partial charge in [-0.3, -0.25) is 25.2 Å². The fourth-order valence-corrected chi connectivity index (χ4v) is 1.39. The molecule has 22 heavy (non-hydrogen) atoms. The van der Waals surface area contributed by atoms with E-state index in [1.165, 1.54) is 31.4 Å². The van der Waals surface area contributed by atoms with Gasteiger partial charge in [-0.1, -0.05) is 0 Å². The van der Waals surface area contributed by atoms with Gasteiger partial charge in [0.15, 0.2) is 0 Å². The van der Waals surface area contributed by atoms with Crippen molar-refractivity contribution in [3.8, 4) is 0 Å². The molecule has 0 saturated carbocycles. The Morgan fingerprint density at radius 2 is 1.59 bits per heavy atom. The third kappa shape index (κ3) is 5.44. The van der Waals surface area contributed by atoms with Crippen LogP contribution in [0.1, 0.15) is 20.7 Å². The Morgan fingerprint density at radius 3 is 2.09 bits per heavy atom. The molecule has 0 heterocycles. The van der Waals surface area contributed by atoms with Crippen molar-refractivity contribution < 1.29 is 27.9 Å². The Labute approximate surface area is 125 Å². The molecule has 0 aliphatic heterocycles. The van der Waals surface area contributed by atoms with Gasteiger partial charge in [0.1, 0.15) is 0 Å². The van der Waals surface area contributed by atoms with Crippen molar-refractivity contribution in [1.82, 2.24) is 16.2 Å². The summed E-state index contributed by atoms with van der Waals surface area (Å²) >= 11 is 0. The molecule has 9 heteroatoms. The third-order valence-electron chi connectivity index (χ3n) is 2.50. The second kappa shape index (κ2) is 8.67. The smallest absolute Gasteiger partial charge is 0.317 e. The number of nitrogens with one attached hydrogen (secondary N) is 3. The third-order valence-corrected chi connectivity index (χ3v) is 2.50. The van der Waals surface area contributed by atoms with Gasteiger partial charge in [-0.15, -0.1) is 0 Å². The molecule has 0 aliphatic rings. The van der Waals surface area contributed by atoms with Crippen LogP contribution in [0.25, 0.3) is 0 Å². The predicted octanol–water partition coefficient (Wildman–Crippen LogP) is 0.0889. The van der Waals surface area contributed by atoms with Gasteiger partial charge in [-0.05, 0) is 24.3 Å². The Bertz CT molecular complexity index is 535. The Kier molecular flexibility index (Phi) is 6.90. The lowest BCUT2D eigenvalue weighted by Gasteiger charge is -2.08. The standard InChI is InChI=1S/C13H15F2N3O4/c1-22-7-6-16-11(19)8-2-4-9(5-3-8)12(20)17-18-13(21)10(14)15/h2-5,10H,6-7H2,1H3,(H,16,19)(H,17,20)(H,18,21). The van der Waals surface area contributed by atoms with E-state index in [9.17, 15) is 23.2 Å². The van der Waals surface area contributed by atoms with Crippen molar-refractivity contribution in [2.24, 2.45) is 0 Å². The first-order chi connectivity index (χ1) is 10.5. The van der Waals surface area contributed by atoms with Gasteiger partial charge in [0.25, 0.3) is 11.8 Å². The fourth-order valence-electron chi connectivity index (χ4n) is 1.39. The van der Waals surface area contributed by atoms with Crippen LogP contribution < -0.4 is 16.2 Å².